The number of carbonyl (C=O) groups excluding carboxylic acids is 2. The van der Waals surface area contributed by atoms with Crippen molar-refractivity contribution in [2.24, 2.45) is 11.8 Å². The number of benzene rings is 2. The lowest BCUT2D eigenvalue weighted by atomic mass is 9.92. The first-order chi connectivity index (χ1) is 18.3. The van der Waals surface area contributed by atoms with Crippen molar-refractivity contribution in [3.8, 4) is 17.3 Å². The summed E-state index contributed by atoms with van der Waals surface area (Å²) in [6.07, 6.45) is 4.73. The van der Waals surface area contributed by atoms with Crippen LogP contribution < -0.4 is 4.74 Å². The molecule has 3 heterocycles. The van der Waals surface area contributed by atoms with Gasteiger partial charge < -0.3 is 19.6 Å². The Bertz CT molecular complexity index is 1370. The maximum absolute atomic E-state index is 14.3. The Labute approximate surface area is 224 Å². The van der Waals surface area contributed by atoms with Crippen molar-refractivity contribution >= 4 is 29.5 Å². The van der Waals surface area contributed by atoms with Gasteiger partial charge in [-0.2, -0.15) is 9.78 Å². The van der Waals surface area contributed by atoms with Crippen LogP contribution in [0.3, 0.4) is 0 Å². The van der Waals surface area contributed by atoms with Crippen molar-refractivity contribution in [1.82, 2.24) is 19.6 Å². The van der Waals surface area contributed by atoms with E-state index < -0.39 is 5.82 Å². The molecule has 2 aliphatic rings. The average Bonchev–Trinajstić information content (AvgIpc) is 3.47. The molecular formula is C28H28ClFN4O4. The number of carbonyl (C=O) groups is 2. The quantitative estimate of drug-likeness (QED) is 0.486. The number of hydrogen-bond acceptors (Lipinski definition) is 5. The molecule has 0 saturated carbocycles. The minimum atomic E-state index is -0.462. The van der Waals surface area contributed by atoms with Gasteiger partial charge in [-0.3, -0.25) is 9.59 Å². The van der Waals surface area contributed by atoms with Crippen molar-refractivity contribution in [2.75, 3.05) is 33.3 Å². The number of amides is 2. The fourth-order valence-electron chi connectivity index (χ4n) is 5.22. The molecule has 8 nitrogen and oxygen atoms in total. The number of rotatable bonds is 5. The third-order valence-electron chi connectivity index (χ3n) is 7.29. The van der Waals surface area contributed by atoms with Crippen LogP contribution >= 0.6 is 11.6 Å². The second-order valence-electron chi connectivity index (χ2n) is 9.61. The SMILES string of the molecule is COc1cc(C(=O)N2CC[C@@H]3CN(C(=O)/C=C/c4ccc(O)cc4Cl)C[C@@H]3CC2)nn1-c1ccccc1F. The van der Waals surface area contributed by atoms with E-state index in [1.165, 1.54) is 42.1 Å². The lowest BCUT2D eigenvalue weighted by Gasteiger charge is -2.21. The molecule has 10 heteroatoms. The Morgan fingerprint density at radius 1 is 1.08 bits per heavy atom. The Kier molecular flexibility index (Phi) is 7.37. The van der Waals surface area contributed by atoms with Gasteiger partial charge in [-0.1, -0.05) is 23.7 Å². The highest BCUT2D eigenvalue weighted by Gasteiger charge is 2.37. The molecule has 0 unspecified atom stereocenters. The first-order valence-electron chi connectivity index (χ1n) is 12.5. The van der Waals surface area contributed by atoms with Gasteiger partial charge >= 0.3 is 0 Å². The molecule has 3 aromatic rings. The number of nitrogens with zero attached hydrogens (tertiary/aromatic N) is 4. The lowest BCUT2D eigenvalue weighted by Crippen LogP contribution is -2.34. The van der Waals surface area contributed by atoms with Crippen LogP contribution in [0.1, 0.15) is 28.9 Å². The van der Waals surface area contributed by atoms with Crippen LogP contribution in [0.2, 0.25) is 5.02 Å². The molecule has 2 fully saturated rings. The van der Waals surface area contributed by atoms with E-state index in [9.17, 15) is 19.1 Å². The average molecular weight is 539 g/mol. The molecule has 198 valence electrons. The van der Waals surface area contributed by atoms with E-state index in [0.29, 0.717) is 48.6 Å². The van der Waals surface area contributed by atoms with Gasteiger partial charge in [0.05, 0.1) is 12.1 Å². The van der Waals surface area contributed by atoms with Crippen LogP contribution in [0.5, 0.6) is 11.6 Å². The minimum Gasteiger partial charge on any atom is -0.508 e. The molecule has 2 saturated heterocycles. The van der Waals surface area contributed by atoms with Crippen LogP contribution in [-0.2, 0) is 4.79 Å². The Morgan fingerprint density at radius 2 is 1.79 bits per heavy atom. The summed E-state index contributed by atoms with van der Waals surface area (Å²) in [5, 5.41) is 14.2. The monoisotopic (exact) mass is 538 g/mol. The number of phenols is 1. The van der Waals surface area contributed by atoms with Crippen molar-refractivity contribution in [1.29, 1.82) is 0 Å². The molecule has 0 spiro atoms. The van der Waals surface area contributed by atoms with Crippen LogP contribution in [-0.4, -0.2) is 69.8 Å². The van der Waals surface area contributed by atoms with Crippen molar-refractivity contribution < 1.29 is 23.8 Å². The summed E-state index contributed by atoms with van der Waals surface area (Å²) in [7, 11) is 1.46. The van der Waals surface area contributed by atoms with Crippen LogP contribution in [0, 0.1) is 17.7 Å². The largest absolute Gasteiger partial charge is 0.508 e. The first-order valence-corrected chi connectivity index (χ1v) is 12.9. The lowest BCUT2D eigenvalue weighted by molar-refractivity contribution is -0.125. The van der Waals surface area contributed by atoms with E-state index in [-0.39, 0.29) is 34.8 Å². The van der Waals surface area contributed by atoms with Gasteiger partial charge in [-0.05, 0) is 66.6 Å². The topological polar surface area (TPSA) is 87.9 Å². The number of phenolic OH excluding ortho intramolecular Hbond substituents is 1. The predicted molar refractivity (Wildman–Crippen MR) is 141 cm³/mol. The molecular weight excluding hydrogens is 511 g/mol. The Morgan fingerprint density at radius 3 is 2.45 bits per heavy atom. The van der Waals surface area contributed by atoms with Gasteiger partial charge in [0.15, 0.2) is 5.69 Å². The maximum atomic E-state index is 14.3. The van der Waals surface area contributed by atoms with Crippen molar-refractivity contribution in [3.63, 3.8) is 0 Å². The van der Waals surface area contributed by atoms with E-state index in [2.05, 4.69) is 5.10 Å². The molecule has 0 bridgehead atoms. The summed E-state index contributed by atoms with van der Waals surface area (Å²) in [5.41, 5.74) is 1.07. The molecule has 38 heavy (non-hydrogen) atoms. The van der Waals surface area contributed by atoms with Gasteiger partial charge in [0.25, 0.3) is 5.91 Å². The maximum Gasteiger partial charge on any atom is 0.274 e. The minimum absolute atomic E-state index is 0.0725. The van der Waals surface area contributed by atoms with Gasteiger partial charge in [0.1, 0.15) is 17.3 Å². The number of para-hydroxylation sites is 1. The predicted octanol–water partition coefficient (Wildman–Crippen LogP) is 4.40. The van der Waals surface area contributed by atoms with Crippen molar-refractivity contribution in [2.45, 2.75) is 12.8 Å². The van der Waals surface area contributed by atoms with E-state index in [1.54, 1.807) is 35.2 Å². The second kappa shape index (κ2) is 10.9. The second-order valence-corrected chi connectivity index (χ2v) is 10.0. The molecule has 2 aromatic carbocycles. The Hall–Kier alpha value is -3.85. The number of ether oxygens (including phenoxy) is 1. The zero-order chi connectivity index (χ0) is 26.8. The van der Waals surface area contributed by atoms with Gasteiger partial charge in [0, 0.05) is 38.3 Å². The van der Waals surface area contributed by atoms with Gasteiger partial charge in [0.2, 0.25) is 11.8 Å². The van der Waals surface area contributed by atoms with E-state index in [1.807, 2.05) is 4.90 Å². The third-order valence-corrected chi connectivity index (χ3v) is 7.62. The Balaban J connectivity index is 1.22. The molecule has 1 aromatic heterocycles. The highest BCUT2D eigenvalue weighted by Crippen LogP contribution is 2.33. The molecule has 1 N–H and O–H groups in total. The molecule has 2 atom stereocenters. The van der Waals surface area contributed by atoms with Crippen LogP contribution in [0.15, 0.2) is 54.6 Å². The summed E-state index contributed by atoms with van der Waals surface area (Å²) in [6, 6.07) is 12.4. The molecule has 0 radical (unpaired) electrons. The highest BCUT2D eigenvalue weighted by molar-refractivity contribution is 6.32. The number of halogens is 2. The van der Waals surface area contributed by atoms with Crippen molar-refractivity contribution in [3.05, 3.63) is 76.7 Å². The van der Waals surface area contributed by atoms with E-state index in [0.717, 1.165) is 12.8 Å². The number of aromatic nitrogens is 2. The number of likely N-dealkylation sites (tertiary alicyclic amines) is 2. The number of hydrogen-bond donors (Lipinski definition) is 1. The van der Waals surface area contributed by atoms with Gasteiger partial charge in [-0.15, -0.1) is 0 Å². The normalized spacial score (nSPS) is 19.4. The number of fused-ring (bicyclic) bond motifs is 1. The summed E-state index contributed by atoms with van der Waals surface area (Å²) >= 11 is 6.13. The summed E-state index contributed by atoms with van der Waals surface area (Å²) in [6.45, 7) is 2.37. The standard InChI is InChI=1S/C28H28ClFN4O4/c1-38-27-15-24(31-34(27)25-5-3-2-4-23(25)30)28(37)32-12-10-19-16-33(17-20(19)11-13-32)26(36)9-7-18-6-8-21(35)14-22(18)29/h2-9,14-15,19-20,35H,10-13,16-17H2,1H3/b9-7+/t19-,20+. The fraction of sp³-hybridized carbons (Fsp3) is 0.321. The first kappa shape index (κ1) is 25.8. The van der Waals surface area contributed by atoms with E-state index in [4.69, 9.17) is 16.3 Å². The smallest absolute Gasteiger partial charge is 0.274 e. The number of methoxy groups -OCH3 is 1. The summed E-state index contributed by atoms with van der Waals surface area (Å²) < 4.78 is 21.0. The molecule has 2 amide bonds. The fourth-order valence-corrected chi connectivity index (χ4v) is 5.46. The zero-order valence-corrected chi connectivity index (χ0v) is 21.6. The van der Waals surface area contributed by atoms with Crippen LogP contribution in [0.25, 0.3) is 11.8 Å². The summed E-state index contributed by atoms with van der Waals surface area (Å²) in [5.74, 6) is 0.182. The molecule has 5 rings (SSSR count). The highest BCUT2D eigenvalue weighted by atomic mass is 35.5. The third kappa shape index (κ3) is 5.24. The zero-order valence-electron chi connectivity index (χ0n) is 20.9. The van der Waals surface area contributed by atoms with Gasteiger partial charge in [-0.25, -0.2) is 4.39 Å². The number of aromatic hydroxyl groups is 1. The summed E-state index contributed by atoms with van der Waals surface area (Å²) in [4.78, 5) is 29.8. The molecule has 0 aliphatic carbocycles. The molecule has 2 aliphatic heterocycles. The van der Waals surface area contributed by atoms with Crippen LogP contribution in [0.4, 0.5) is 4.39 Å². The van der Waals surface area contributed by atoms with E-state index >= 15 is 0 Å².